The Morgan fingerprint density at radius 2 is 1.61 bits per heavy atom. The van der Waals surface area contributed by atoms with Crippen molar-refractivity contribution >= 4 is 29.0 Å². The van der Waals surface area contributed by atoms with Crippen LogP contribution >= 0.6 is 11.6 Å². The van der Waals surface area contributed by atoms with Crippen LogP contribution in [0.15, 0.2) is 85.2 Å². The van der Waals surface area contributed by atoms with Gasteiger partial charge in [0.2, 0.25) is 0 Å². The molecule has 154 valence electrons. The molecule has 0 fully saturated rings. The van der Waals surface area contributed by atoms with Crippen molar-refractivity contribution in [2.24, 2.45) is 0 Å². The fourth-order valence-corrected chi connectivity index (χ4v) is 3.36. The van der Waals surface area contributed by atoms with Gasteiger partial charge < -0.3 is 5.32 Å². The van der Waals surface area contributed by atoms with E-state index in [1.54, 1.807) is 65.6 Å². The number of nitrogens with zero attached hydrogens (tertiary/aromatic N) is 2. The summed E-state index contributed by atoms with van der Waals surface area (Å²) in [5.41, 5.74) is 3.97. The molecule has 1 aromatic heterocycles. The lowest BCUT2D eigenvalue weighted by Crippen LogP contribution is -2.16. The van der Waals surface area contributed by atoms with Gasteiger partial charge in [0.05, 0.1) is 24.0 Å². The zero-order valence-electron chi connectivity index (χ0n) is 16.9. The summed E-state index contributed by atoms with van der Waals surface area (Å²) < 4.78 is 1.76. The Balaban J connectivity index is 1.50. The normalized spacial score (nSPS) is 10.6. The summed E-state index contributed by atoms with van der Waals surface area (Å²) in [5, 5.41) is 7.70. The van der Waals surface area contributed by atoms with Gasteiger partial charge in [-0.25, -0.2) is 0 Å². The highest BCUT2D eigenvalue weighted by molar-refractivity contribution is 6.30. The Labute approximate surface area is 185 Å². The number of carbonyl (C=O) groups is 2. The van der Waals surface area contributed by atoms with Gasteiger partial charge in [-0.2, -0.15) is 5.10 Å². The van der Waals surface area contributed by atoms with Gasteiger partial charge in [-0.15, -0.1) is 0 Å². The Hall–Kier alpha value is -3.70. The number of carbonyl (C=O) groups excluding carboxylic acids is 2. The van der Waals surface area contributed by atoms with E-state index < -0.39 is 0 Å². The zero-order chi connectivity index (χ0) is 21.8. The fourth-order valence-electron chi connectivity index (χ4n) is 3.23. The fraction of sp³-hybridized carbons (Fsp3) is 0.0800. The van der Waals surface area contributed by atoms with Crippen molar-refractivity contribution in [1.29, 1.82) is 0 Å². The Kier molecular flexibility index (Phi) is 5.96. The van der Waals surface area contributed by atoms with Gasteiger partial charge in [-0.05, 0) is 42.8 Å². The highest BCUT2D eigenvalue weighted by Gasteiger charge is 2.18. The number of aryl methyl sites for hydroxylation is 1. The number of anilines is 1. The van der Waals surface area contributed by atoms with Gasteiger partial charge in [-0.3, -0.25) is 14.3 Å². The third-order valence-corrected chi connectivity index (χ3v) is 5.13. The molecule has 0 aliphatic rings. The van der Waals surface area contributed by atoms with Crippen LogP contribution < -0.4 is 5.32 Å². The highest BCUT2D eigenvalue weighted by atomic mass is 35.5. The molecule has 31 heavy (non-hydrogen) atoms. The summed E-state index contributed by atoms with van der Waals surface area (Å²) in [7, 11) is 0. The Bertz CT molecular complexity index is 1230. The standard InChI is InChI=1S/C25H20ClN3O2/c1-17-6-8-18(9-7-17)15-29-16-21(14-27-29)28-25(31)23-5-3-2-4-22(23)24(30)19-10-12-20(26)13-11-19/h2-14,16H,15H2,1H3,(H,28,31). The van der Waals surface area contributed by atoms with Crippen LogP contribution in [-0.4, -0.2) is 21.5 Å². The van der Waals surface area contributed by atoms with Crippen LogP contribution in [0.3, 0.4) is 0 Å². The molecule has 4 aromatic rings. The largest absolute Gasteiger partial charge is 0.319 e. The molecular formula is C25H20ClN3O2. The van der Waals surface area contributed by atoms with Crippen molar-refractivity contribution in [3.05, 3.63) is 118 Å². The summed E-state index contributed by atoms with van der Waals surface area (Å²) in [6.45, 7) is 2.64. The zero-order valence-corrected chi connectivity index (χ0v) is 17.6. The Morgan fingerprint density at radius 1 is 0.935 bits per heavy atom. The lowest BCUT2D eigenvalue weighted by molar-refractivity contribution is 0.0996. The second-order valence-corrected chi connectivity index (χ2v) is 7.68. The smallest absolute Gasteiger partial charge is 0.256 e. The number of ketones is 1. The second-order valence-electron chi connectivity index (χ2n) is 7.25. The van der Waals surface area contributed by atoms with E-state index in [0.717, 1.165) is 5.56 Å². The lowest BCUT2D eigenvalue weighted by atomic mass is 9.98. The summed E-state index contributed by atoms with van der Waals surface area (Å²) >= 11 is 5.91. The van der Waals surface area contributed by atoms with Crippen molar-refractivity contribution < 1.29 is 9.59 Å². The minimum Gasteiger partial charge on any atom is -0.319 e. The van der Waals surface area contributed by atoms with Crippen LogP contribution in [0.4, 0.5) is 5.69 Å². The van der Waals surface area contributed by atoms with E-state index in [4.69, 9.17) is 11.6 Å². The summed E-state index contributed by atoms with van der Waals surface area (Å²) in [5.74, 6) is -0.606. The number of hydrogen-bond acceptors (Lipinski definition) is 3. The van der Waals surface area contributed by atoms with Crippen LogP contribution in [0.2, 0.25) is 5.02 Å². The molecule has 1 amide bonds. The van der Waals surface area contributed by atoms with Crippen molar-refractivity contribution in [2.45, 2.75) is 13.5 Å². The van der Waals surface area contributed by atoms with Crippen LogP contribution in [0.25, 0.3) is 0 Å². The number of hydrogen-bond donors (Lipinski definition) is 1. The molecule has 0 unspecified atom stereocenters. The molecule has 1 N–H and O–H groups in total. The van der Waals surface area contributed by atoms with Gasteiger partial charge in [0.1, 0.15) is 0 Å². The first kappa shape index (κ1) is 20.6. The minimum atomic E-state index is -0.368. The van der Waals surface area contributed by atoms with E-state index in [9.17, 15) is 9.59 Å². The summed E-state index contributed by atoms with van der Waals surface area (Å²) in [4.78, 5) is 25.8. The first-order valence-corrected chi connectivity index (χ1v) is 10.2. The van der Waals surface area contributed by atoms with Crippen LogP contribution in [0, 0.1) is 6.92 Å². The monoisotopic (exact) mass is 429 g/mol. The maximum absolute atomic E-state index is 12.9. The predicted molar refractivity (Wildman–Crippen MR) is 122 cm³/mol. The van der Waals surface area contributed by atoms with E-state index in [1.807, 2.05) is 19.1 Å². The number of halogens is 1. The van der Waals surface area contributed by atoms with Crippen molar-refractivity contribution in [1.82, 2.24) is 9.78 Å². The Morgan fingerprint density at radius 3 is 2.32 bits per heavy atom. The predicted octanol–water partition coefficient (Wildman–Crippen LogP) is 5.38. The summed E-state index contributed by atoms with van der Waals surface area (Å²) in [6, 6.07) is 21.5. The molecule has 0 atom stereocenters. The van der Waals surface area contributed by atoms with Gasteiger partial charge in [-0.1, -0.05) is 59.6 Å². The molecule has 0 aliphatic heterocycles. The average Bonchev–Trinajstić information content (AvgIpc) is 3.22. The van der Waals surface area contributed by atoms with Gasteiger partial charge >= 0.3 is 0 Å². The average molecular weight is 430 g/mol. The van der Waals surface area contributed by atoms with E-state index in [2.05, 4.69) is 22.5 Å². The first-order valence-electron chi connectivity index (χ1n) is 9.78. The molecule has 0 aliphatic carbocycles. The quantitative estimate of drug-likeness (QED) is 0.419. The SMILES string of the molecule is Cc1ccc(Cn2cc(NC(=O)c3ccccc3C(=O)c3ccc(Cl)cc3)cn2)cc1. The molecule has 0 bridgehead atoms. The molecule has 0 saturated carbocycles. The summed E-state index contributed by atoms with van der Waals surface area (Å²) in [6.07, 6.45) is 3.36. The third kappa shape index (κ3) is 4.90. The van der Waals surface area contributed by atoms with E-state index in [-0.39, 0.29) is 11.7 Å². The van der Waals surface area contributed by atoms with E-state index in [0.29, 0.717) is 33.9 Å². The maximum atomic E-state index is 12.9. The first-order chi connectivity index (χ1) is 15.0. The molecule has 3 aromatic carbocycles. The van der Waals surface area contributed by atoms with Crippen LogP contribution in [0.1, 0.15) is 37.4 Å². The van der Waals surface area contributed by atoms with Gasteiger partial charge in [0, 0.05) is 22.3 Å². The van der Waals surface area contributed by atoms with Crippen molar-refractivity contribution in [3.8, 4) is 0 Å². The van der Waals surface area contributed by atoms with Crippen molar-refractivity contribution in [2.75, 3.05) is 5.32 Å². The van der Waals surface area contributed by atoms with Crippen LogP contribution in [0.5, 0.6) is 0 Å². The lowest BCUT2D eigenvalue weighted by Gasteiger charge is -2.09. The second kappa shape index (κ2) is 8.98. The number of benzene rings is 3. The maximum Gasteiger partial charge on any atom is 0.256 e. The highest BCUT2D eigenvalue weighted by Crippen LogP contribution is 2.19. The molecular weight excluding hydrogens is 410 g/mol. The topological polar surface area (TPSA) is 64.0 Å². The van der Waals surface area contributed by atoms with E-state index >= 15 is 0 Å². The van der Waals surface area contributed by atoms with Crippen molar-refractivity contribution in [3.63, 3.8) is 0 Å². The number of aromatic nitrogens is 2. The van der Waals surface area contributed by atoms with Gasteiger partial charge in [0.25, 0.3) is 5.91 Å². The van der Waals surface area contributed by atoms with E-state index in [1.165, 1.54) is 5.56 Å². The molecule has 5 nitrogen and oxygen atoms in total. The third-order valence-electron chi connectivity index (χ3n) is 4.88. The molecule has 0 radical (unpaired) electrons. The molecule has 1 heterocycles. The van der Waals surface area contributed by atoms with Gasteiger partial charge in [0.15, 0.2) is 5.78 Å². The molecule has 0 spiro atoms. The number of rotatable bonds is 6. The minimum absolute atomic E-state index is 0.238. The van der Waals surface area contributed by atoms with Crippen LogP contribution in [-0.2, 0) is 6.54 Å². The number of amides is 1. The molecule has 6 heteroatoms. The number of nitrogens with one attached hydrogen (secondary N) is 1. The molecule has 0 saturated heterocycles. The molecule has 4 rings (SSSR count).